The molecular formula is C27H33N3O. The fraction of sp³-hybridized carbons (Fsp3) is 0.407. The monoisotopic (exact) mass is 415 g/mol. The van der Waals surface area contributed by atoms with Crippen LogP contribution in [0.4, 0.5) is 5.69 Å². The van der Waals surface area contributed by atoms with Crippen molar-refractivity contribution in [2.24, 2.45) is 4.99 Å². The number of nitrogens with zero attached hydrogens (tertiary/aromatic N) is 2. The first kappa shape index (κ1) is 21.4. The summed E-state index contributed by atoms with van der Waals surface area (Å²) < 4.78 is 6.32. The number of nitrogens with one attached hydrogen (secondary N) is 1. The molecule has 0 bridgehead atoms. The van der Waals surface area contributed by atoms with Crippen molar-refractivity contribution in [3.8, 4) is 11.5 Å². The van der Waals surface area contributed by atoms with Crippen LogP contribution in [0.25, 0.3) is 33.3 Å². The zero-order valence-electron chi connectivity index (χ0n) is 18.8. The van der Waals surface area contributed by atoms with E-state index in [4.69, 9.17) is 14.4 Å². The average Bonchev–Trinajstić information content (AvgIpc) is 2.80. The molecule has 1 aliphatic heterocycles. The maximum Gasteiger partial charge on any atom is 0.155 e. The number of hydrogen-bond donors (Lipinski definition) is 1. The van der Waals surface area contributed by atoms with Crippen LogP contribution in [-0.4, -0.2) is 18.1 Å². The van der Waals surface area contributed by atoms with Gasteiger partial charge >= 0.3 is 0 Å². The molecule has 162 valence electrons. The first-order chi connectivity index (χ1) is 15.3. The van der Waals surface area contributed by atoms with Crippen LogP contribution in [0.2, 0.25) is 0 Å². The minimum Gasteiger partial charge on any atom is -0.453 e. The van der Waals surface area contributed by atoms with E-state index in [9.17, 15) is 0 Å². The molecule has 0 atom stereocenters. The van der Waals surface area contributed by atoms with Crippen molar-refractivity contribution in [3.63, 3.8) is 0 Å². The fourth-order valence-corrected chi connectivity index (χ4v) is 4.05. The largest absolute Gasteiger partial charge is 0.453 e. The number of rotatable bonds is 10. The highest BCUT2D eigenvalue weighted by Crippen LogP contribution is 2.31. The Labute approximate surface area is 184 Å². The number of benzene rings is 3. The third-order valence-electron chi connectivity index (χ3n) is 5.74. The van der Waals surface area contributed by atoms with Crippen molar-refractivity contribution in [2.45, 2.75) is 58.8 Å². The molecule has 2 aromatic carbocycles. The molecule has 0 saturated heterocycles. The molecule has 1 aliphatic carbocycles. The Morgan fingerprint density at radius 1 is 0.871 bits per heavy atom. The van der Waals surface area contributed by atoms with E-state index in [1.807, 2.05) is 18.2 Å². The van der Waals surface area contributed by atoms with Crippen molar-refractivity contribution in [1.82, 2.24) is 4.98 Å². The summed E-state index contributed by atoms with van der Waals surface area (Å²) in [6, 6.07) is 16.6. The zero-order chi connectivity index (χ0) is 21.5. The molecule has 2 aliphatic rings. The molecular weight excluding hydrogens is 382 g/mol. The van der Waals surface area contributed by atoms with Crippen LogP contribution in [0.3, 0.4) is 0 Å². The Bertz CT molecular complexity index is 1180. The van der Waals surface area contributed by atoms with E-state index in [-0.39, 0.29) is 0 Å². The normalized spacial score (nSPS) is 12.3. The van der Waals surface area contributed by atoms with E-state index in [1.54, 1.807) is 0 Å². The van der Waals surface area contributed by atoms with Gasteiger partial charge in [-0.2, -0.15) is 0 Å². The summed E-state index contributed by atoms with van der Waals surface area (Å²) in [6.07, 6.45) is 8.84. The van der Waals surface area contributed by atoms with Gasteiger partial charge in [0.1, 0.15) is 11.2 Å². The van der Waals surface area contributed by atoms with Gasteiger partial charge in [0.25, 0.3) is 0 Å². The number of hydrogen-bond acceptors (Lipinski definition) is 4. The van der Waals surface area contributed by atoms with Gasteiger partial charge in [0.2, 0.25) is 0 Å². The van der Waals surface area contributed by atoms with Crippen LogP contribution < -0.4 is 10.7 Å². The van der Waals surface area contributed by atoms with Gasteiger partial charge in [-0.15, -0.1) is 0 Å². The van der Waals surface area contributed by atoms with Crippen molar-refractivity contribution < 1.29 is 4.42 Å². The summed E-state index contributed by atoms with van der Waals surface area (Å²) in [7, 11) is 0. The van der Waals surface area contributed by atoms with Gasteiger partial charge in [-0.05, 0) is 25.0 Å². The van der Waals surface area contributed by atoms with Crippen LogP contribution in [0.15, 0.2) is 57.9 Å². The lowest BCUT2D eigenvalue weighted by Gasteiger charge is -2.12. The third kappa shape index (κ3) is 5.07. The minimum atomic E-state index is 0.786. The first-order valence-electron chi connectivity index (χ1n) is 11.8. The molecule has 4 rings (SSSR count). The van der Waals surface area contributed by atoms with Gasteiger partial charge < -0.3 is 9.73 Å². The van der Waals surface area contributed by atoms with E-state index in [1.165, 1.54) is 38.5 Å². The second-order valence-corrected chi connectivity index (χ2v) is 8.26. The van der Waals surface area contributed by atoms with Gasteiger partial charge in [0.05, 0.1) is 5.36 Å². The Hall–Kier alpha value is -2.88. The topological polar surface area (TPSA) is 50.4 Å². The van der Waals surface area contributed by atoms with Gasteiger partial charge in [-0.25, -0.2) is 4.98 Å². The van der Waals surface area contributed by atoms with Crippen molar-refractivity contribution in [1.29, 1.82) is 0 Å². The van der Waals surface area contributed by atoms with E-state index in [2.05, 4.69) is 49.5 Å². The number of aromatic nitrogens is 1. The summed E-state index contributed by atoms with van der Waals surface area (Å²) >= 11 is 0. The molecule has 4 nitrogen and oxygen atoms in total. The maximum absolute atomic E-state index is 6.32. The van der Waals surface area contributed by atoms with Gasteiger partial charge in [0.15, 0.2) is 11.3 Å². The average molecular weight is 416 g/mol. The quantitative estimate of drug-likeness (QED) is 0.170. The van der Waals surface area contributed by atoms with Gasteiger partial charge in [0, 0.05) is 41.7 Å². The third-order valence-corrected chi connectivity index (χ3v) is 5.74. The van der Waals surface area contributed by atoms with Gasteiger partial charge in [-0.3, -0.25) is 4.99 Å². The van der Waals surface area contributed by atoms with E-state index in [0.29, 0.717) is 0 Å². The highest BCUT2D eigenvalue weighted by atomic mass is 16.3. The molecule has 0 fully saturated rings. The van der Waals surface area contributed by atoms with E-state index < -0.39 is 0 Å². The fourth-order valence-electron chi connectivity index (χ4n) is 4.05. The lowest BCUT2D eigenvalue weighted by molar-refractivity contribution is 0.612. The molecule has 1 heterocycles. The number of unbranched alkanes of at least 4 members (excludes halogenated alkanes) is 5. The molecule has 0 saturated carbocycles. The second kappa shape index (κ2) is 10.4. The summed E-state index contributed by atoms with van der Waals surface area (Å²) in [5.74, 6) is 0.786. The molecule has 0 radical (unpaired) electrons. The van der Waals surface area contributed by atoms with Crippen molar-refractivity contribution in [3.05, 3.63) is 53.9 Å². The zero-order valence-corrected chi connectivity index (χ0v) is 18.8. The molecule has 2 aromatic rings. The second-order valence-electron chi connectivity index (χ2n) is 8.26. The summed E-state index contributed by atoms with van der Waals surface area (Å²) in [5, 5.41) is 6.73. The highest BCUT2D eigenvalue weighted by Gasteiger charge is 2.14. The maximum atomic E-state index is 6.32. The van der Waals surface area contributed by atoms with Crippen LogP contribution in [-0.2, 0) is 0 Å². The minimum absolute atomic E-state index is 0.786. The highest BCUT2D eigenvalue weighted by molar-refractivity contribution is 5.96. The predicted molar refractivity (Wildman–Crippen MR) is 131 cm³/mol. The first-order valence-corrected chi connectivity index (χ1v) is 11.8. The van der Waals surface area contributed by atoms with Crippen LogP contribution in [0, 0.1) is 0 Å². The molecule has 31 heavy (non-hydrogen) atoms. The summed E-state index contributed by atoms with van der Waals surface area (Å²) in [5.41, 5.74) is 3.66. The number of anilines is 1. The number of fused-ring (bicyclic) bond motifs is 4. The Kier molecular flexibility index (Phi) is 7.18. The van der Waals surface area contributed by atoms with E-state index >= 15 is 0 Å². The van der Waals surface area contributed by atoms with E-state index in [0.717, 1.165) is 63.9 Å². The van der Waals surface area contributed by atoms with Crippen LogP contribution in [0.5, 0.6) is 0 Å². The molecule has 0 amide bonds. The lowest BCUT2D eigenvalue weighted by Crippen LogP contribution is -2.07. The molecule has 1 N–H and O–H groups in total. The smallest absolute Gasteiger partial charge is 0.155 e. The van der Waals surface area contributed by atoms with Crippen LogP contribution in [0.1, 0.15) is 58.8 Å². The van der Waals surface area contributed by atoms with Gasteiger partial charge in [-0.1, -0.05) is 70.2 Å². The summed E-state index contributed by atoms with van der Waals surface area (Å²) in [6.45, 7) is 6.20. The Balaban J connectivity index is 1.61. The predicted octanol–water partition coefficient (Wildman–Crippen LogP) is 7.17. The van der Waals surface area contributed by atoms with Crippen LogP contribution >= 0.6 is 0 Å². The Morgan fingerprint density at radius 3 is 2.52 bits per heavy atom. The Morgan fingerprint density at radius 2 is 1.68 bits per heavy atom. The molecule has 0 unspecified atom stereocenters. The summed E-state index contributed by atoms with van der Waals surface area (Å²) in [4.78, 5) is 9.72. The lowest BCUT2D eigenvalue weighted by atomic mass is 10.0. The molecule has 0 aromatic heterocycles. The van der Waals surface area contributed by atoms with Crippen molar-refractivity contribution >= 4 is 27.6 Å². The standard InChI is InChI=1S/C27H33N3O/c1-3-5-6-7-8-11-17-28-20-14-15-23-25(18-20)31-26-19-24(29-16-4-2)21-12-9-10-13-22(21)27(26)30-23/h9-10,12-15,18-19,28H,3-8,11,16-17H2,1-2H3. The molecule has 4 heteroatoms. The SMILES string of the molecule is CCCCCCCCNc1ccc2nc3c4ccccc4c(=NCCC)cc-3oc2c1. The van der Waals surface area contributed by atoms with Crippen molar-refractivity contribution in [2.75, 3.05) is 18.4 Å². The molecule has 0 spiro atoms.